The highest BCUT2D eigenvalue weighted by atomic mass is 35.5. The molecule has 1 N–H and O–H groups in total. The zero-order valence-corrected chi connectivity index (χ0v) is 17.2. The highest BCUT2D eigenvalue weighted by molar-refractivity contribution is 6.30. The van der Waals surface area contributed by atoms with Crippen LogP contribution >= 0.6 is 11.6 Å². The average molecular weight is 431 g/mol. The molecule has 3 aromatic rings. The minimum atomic E-state index is -0.901. The first-order chi connectivity index (χ1) is 14.3. The lowest BCUT2D eigenvalue weighted by atomic mass is 10.2. The molecule has 1 aromatic heterocycles. The standard InChI is InChI=1S/C21H20ClFN4O3/c1-3-13(2)24-19(28)18-20(29)26(12-14-7-4-5-10-17(14)23)21(30)27(25-18)16-9-6-8-15(22)11-16/h4-11,13H,3,12H2,1-2H3,(H,24,28). The Bertz CT molecular complexity index is 1210. The molecule has 2 aromatic carbocycles. The van der Waals surface area contributed by atoms with E-state index in [2.05, 4.69) is 10.4 Å². The lowest BCUT2D eigenvalue weighted by Crippen LogP contribution is -2.47. The molecule has 3 rings (SSSR count). The van der Waals surface area contributed by atoms with Crippen LogP contribution in [0.4, 0.5) is 4.39 Å². The summed E-state index contributed by atoms with van der Waals surface area (Å²) in [5.74, 6) is -1.28. The summed E-state index contributed by atoms with van der Waals surface area (Å²) in [5, 5.41) is 7.02. The molecule has 0 saturated heterocycles. The van der Waals surface area contributed by atoms with Crippen LogP contribution in [0.3, 0.4) is 0 Å². The van der Waals surface area contributed by atoms with Gasteiger partial charge in [0.1, 0.15) is 5.82 Å². The maximum Gasteiger partial charge on any atom is 0.352 e. The average Bonchev–Trinajstić information content (AvgIpc) is 2.72. The van der Waals surface area contributed by atoms with E-state index in [1.54, 1.807) is 31.2 Å². The molecule has 0 aliphatic heterocycles. The van der Waals surface area contributed by atoms with E-state index >= 15 is 0 Å². The van der Waals surface area contributed by atoms with Gasteiger partial charge in [0.25, 0.3) is 11.5 Å². The van der Waals surface area contributed by atoms with Crippen molar-refractivity contribution < 1.29 is 9.18 Å². The Morgan fingerprint density at radius 1 is 1.20 bits per heavy atom. The van der Waals surface area contributed by atoms with Gasteiger partial charge in [-0.1, -0.05) is 42.8 Å². The van der Waals surface area contributed by atoms with Crippen molar-refractivity contribution in [3.8, 4) is 5.69 Å². The first kappa shape index (κ1) is 21.4. The number of carbonyl (C=O) groups is 1. The van der Waals surface area contributed by atoms with Gasteiger partial charge in [0.05, 0.1) is 12.2 Å². The van der Waals surface area contributed by atoms with Crippen LogP contribution in [-0.4, -0.2) is 26.3 Å². The van der Waals surface area contributed by atoms with Gasteiger partial charge in [-0.25, -0.2) is 9.18 Å². The molecule has 0 radical (unpaired) electrons. The largest absolute Gasteiger partial charge is 0.352 e. The third-order valence-corrected chi connectivity index (χ3v) is 4.84. The van der Waals surface area contributed by atoms with E-state index in [1.165, 1.54) is 24.3 Å². The van der Waals surface area contributed by atoms with E-state index in [9.17, 15) is 18.8 Å². The fraction of sp³-hybridized carbons (Fsp3) is 0.238. The lowest BCUT2D eigenvalue weighted by Gasteiger charge is -2.14. The third-order valence-electron chi connectivity index (χ3n) is 4.60. The molecular weight excluding hydrogens is 411 g/mol. The molecule has 0 saturated carbocycles. The fourth-order valence-electron chi connectivity index (χ4n) is 2.76. The van der Waals surface area contributed by atoms with Crippen LogP contribution in [-0.2, 0) is 6.54 Å². The number of aromatic nitrogens is 3. The van der Waals surface area contributed by atoms with Gasteiger partial charge in [-0.15, -0.1) is 0 Å². The Hall–Kier alpha value is -3.26. The molecule has 0 fully saturated rings. The van der Waals surface area contributed by atoms with Gasteiger partial charge in [0.2, 0.25) is 5.69 Å². The van der Waals surface area contributed by atoms with Crippen molar-refractivity contribution in [1.82, 2.24) is 19.7 Å². The predicted molar refractivity (Wildman–Crippen MR) is 112 cm³/mol. The van der Waals surface area contributed by atoms with Gasteiger partial charge in [-0.05, 0) is 37.6 Å². The molecule has 1 atom stereocenters. The second-order valence-electron chi connectivity index (χ2n) is 6.79. The van der Waals surface area contributed by atoms with Crippen LogP contribution in [0.15, 0.2) is 58.1 Å². The van der Waals surface area contributed by atoms with Gasteiger partial charge >= 0.3 is 5.69 Å². The van der Waals surface area contributed by atoms with Gasteiger partial charge in [0, 0.05) is 16.6 Å². The van der Waals surface area contributed by atoms with Crippen LogP contribution in [0, 0.1) is 5.82 Å². The second kappa shape index (κ2) is 9.04. The van der Waals surface area contributed by atoms with Crippen LogP contribution in [0.2, 0.25) is 5.02 Å². The number of halogens is 2. The molecule has 1 heterocycles. The Morgan fingerprint density at radius 2 is 1.93 bits per heavy atom. The Morgan fingerprint density at radius 3 is 2.60 bits per heavy atom. The van der Waals surface area contributed by atoms with Gasteiger partial charge in [0.15, 0.2) is 0 Å². The summed E-state index contributed by atoms with van der Waals surface area (Å²) in [6.07, 6.45) is 0.642. The number of carbonyl (C=O) groups excluding carboxylic acids is 1. The number of nitrogens with one attached hydrogen (secondary N) is 1. The smallest absolute Gasteiger partial charge is 0.348 e. The number of nitrogens with zero attached hydrogens (tertiary/aromatic N) is 3. The van der Waals surface area contributed by atoms with Crippen LogP contribution < -0.4 is 16.6 Å². The molecule has 0 bridgehead atoms. The van der Waals surface area contributed by atoms with Crippen molar-refractivity contribution >= 4 is 17.5 Å². The minimum Gasteiger partial charge on any atom is -0.348 e. The molecule has 0 aliphatic rings. The zero-order valence-electron chi connectivity index (χ0n) is 16.4. The van der Waals surface area contributed by atoms with Crippen LogP contribution in [0.25, 0.3) is 5.69 Å². The zero-order chi connectivity index (χ0) is 21.8. The quantitative estimate of drug-likeness (QED) is 0.651. The molecule has 0 aliphatic carbocycles. The maximum atomic E-state index is 14.2. The monoisotopic (exact) mass is 430 g/mol. The van der Waals surface area contributed by atoms with Gasteiger partial charge < -0.3 is 5.32 Å². The molecule has 0 spiro atoms. The van der Waals surface area contributed by atoms with E-state index in [0.29, 0.717) is 11.4 Å². The normalized spacial score (nSPS) is 11.9. The Kier molecular flexibility index (Phi) is 6.47. The second-order valence-corrected chi connectivity index (χ2v) is 7.22. The summed E-state index contributed by atoms with van der Waals surface area (Å²) in [5.41, 5.74) is -1.78. The van der Waals surface area contributed by atoms with E-state index in [4.69, 9.17) is 11.6 Å². The van der Waals surface area contributed by atoms with Crippen LogP contribution in [0.5, 0.6) is 0 Å². The molecule has 1 unspecified atom stereocenters. The molecule has 156 valence electrons. The summed E-state index contributed by atoms with van der Waals surface area (Å²) in [4.78, 5) is 38.6. The first-order valence-corrected chi connectivity index (χ1v) is 9.74. The predicted octanol–water partition coefficient (Wildman–Crippen LogP) is 2.76. The van der Waals surface area contributed by atoms with Gasteiger partial charge in [-0.2, -0.15) is 9.78 Å². The fourth-order valence-corrected chi connectivity index (χ4v) is 2.95. The van der Waals surface area contributed by atoms with Crippen molar-refractivity contribution in [1.29, 1.82) is 0 Å². The van der Waals surface area contributed by atoms with Crippen molar-refractivity contribution in [3.63, 3.8) is 0 Å². The van der Waals surface area contributed by atoms with E-state index in [1.807, 2.05) is 6.92 Å². The third kappa shape index (κ3) is 4.49. The number of amides is 1. The molecular formula is C21H20ClFN4O3. The topological polar surface area (TPSA) is 86.0 Å². The summed E-state index contributed by atoms with van der Waals surface area (Å²) in [6, 6.07) is 11.8. The highest BCUT2D eigenvalue weighted by Crippen LogP contribution is 2.13. The number of hydrogen-bond donors (Lipinski definition) is 1. The van der Waals surface area contributed by atoms with E-state index < -0.39 is 28.7 Å². The number of rotatable bonds is 6. The van der Waals surface area contributed by atoms with Crippen molar-refractivity contribution in [2.75, 3.05) is 0 Å². The van der Waals surface area contributed by atoms with Crippen molar-refractivity contribution in [2.24, 2.45) is 0 Å². The van der Waals surface area contributed by atoms with Gasteiger partial charge in [-0.3, -0.25) is 14.2 Å². The van der Waals surface area contributed by atoms with E-state index in [-0.39, 0.29) is 23.8 Å². The van der Waals surface area contributed by atoms with Crippen LogP contribution in [0.1, 0.15) is 36.3 Å². The SMILES string of the molecule is CCC(C)NC(=O)c1nn(-c2cccc(Cl)c2)c(=O)n(Cc2ccccc2F)c1=O. The number of hydrogen-bond acceptors (Lipinski definition) is 4. The lowest BCUT2D eigenvalue weighted by molar-refractivity contribution is 0.0929. The molecule has 30 heavy (non-hydrogen) atoms. The molecule has 9 heteroatoms. The first-order valence-electron chi connectivity index (χ1n) is 9.36. The Labute approximate surface area is 176 Å². The summed E-state index contributed by atoms with van der Waals surface area (Å²) < 4.78 is 15.9. The summed E-state index contributed by atoms with van der Waals surface area (Å²) in [7, 11) is 0. The molecule has 7 nitrogen and oxygen atoms in total. The molecule has 1 amide bonds. The van der Waals surface area contributed by atoms with Crippen molar-refractivity contribution in [2.45, 2.75) is 32.9 Å². The highest BCUT2D eigenvalue weighted by Gasteiger charge is 2.22. The Balaban J connectivity index is 2.22. The van der Waals surface area contributed by atoms with Crippen molar-refractivity contribution in [3.05, 3.63) is 91.5 Å². The maximum absolute atomic E-state index is 14.2. The van der Waals surface area contributed by atoms with E-state index in [0.717, 1.165) is 9.25 Å². The summed E-state index contributed by atoms with van der Waals surface area (Å²) >= 11 is 6.02. The number of benzene rings is 2. The summed E-state index contributed by atoms with van der Waals surface area (Å²) in [6.45, 7) is 3.31. The minimum absolute atomic E-state index is 0.133.